The molecule has 0 bridgehead atoms. The predicted molar refractivity (Wildman–Crippen MR) is 183 cm³/mol. The van der Waals surface area contributed by atoms with Crippen molar-refractivity contribution in [3.8, 4) is 11.5 Å². The Hall–Kier alpha value is -5.90. The van der Waals surface area contributed by atoms with Crippen LogP contribution in [-0.2, 0) is 9.53 Å². The number of hydrogen-bond donors (Lipinski definition) is 3. The highest BCUT2D eigenvalue weighted by molar-refractivity contribution is 6.03. The minimum Gasteiger partial charge on any atom is -0.497 e. The Labute approximate surface area is 286 Å². The van der Waals surface area contributed by atoms with Crippen molar-refractivity contribution in [2.45, 2.75) is 19.0 Å². The average molecular weight is 692 g/mol. The number of benzene rings is 3. The lowest BCUT2D eigenvalue weighted by molar-refractivity contribution is -0.134. The van der Waals surface area contributed by atoms with E-state index in [-0.39, 0.29) is 32.0 Å². The monoisotopic (exact) mass is 691 g/mol. The molecule has 3 aromatic carbocycles. The standard InChI is InChI=1S/C34H38FN7O8/c1-21(41(28-14-13-24(48-2)19-29(28)49-3)33(46)36-23-11-9-22(35)10-12-23)30-37-26-8-6-5-7-25(26)31(44)42(30)40-17-15-39(16-18-40)32(45)27(20-43)38-34(47)50-4/h5-14,19,21,27,43H,15-18,20H2,1-4H3,(H,36,46)(H,38,47)/t21?,27-/m0/s1. The molecule has 1 unspecified atom stereocenters. The maximum atomic E-state index is 14.2. The normalized spacial score (nSPS) is 14.0. The number of para-hydroxylation sites is 1. The van der Waals surface area contributed by atoms with E-state index >= 15 is 0 Å². The molecule has 16 heteroatoms. The van der Waals surface area contributed by atoms with E-state index < -0.39 is 48.1 Å². The lowest BCUT2D eigenvalue weighted by atomic mass is 10.1. The number of rotatable bonds is 10. The number of nitrogens with one attached hydrogen (secondary N) is 2. The number of hydrogen-bond acceptors (Lipinski definition) is 10. The molecule has 1 fully saturated rings. The fourth-order valence-electron chi connectivity index (χ4n) is 5.72. The van der Waals surface area contributed by atoms with Crippen molar-refractivity contribution in [2.24, 2.45) is 0 Å². The van der Waals surface area contributed by atoms with E-state index in [0.717, 1.165) is 7.11 Å². The summed E-state index contributed by atoms with van der Waals surface area (Å²) in [5.74, 6) is 0.0104. The summed E-state index contributed by atoms with van der Waals surface area (Å²) in [5, 5.41) is 17.0. The van der Waals surface area contributed by atoms with Crippen molar-refractivity contribution in [1.82, 2.24) is 19.9 Å². The molecule has 0 saturated carbocycles. The van der Waals surface area contributed by atoms with Crippen LogP contribution in [0.2, 0.25) is 0 Å². The fraction of sp³-hybridized carbons (Fsp3) is 0.324. The first kappa shape index (κ1) is 35.4. The number of piperazine rings is 1. The van der Waals surface area contributed by atoms with Crippen LogP contribution >= 0.6 is 0 Å². The Morgan fingerprint density at radius 2 is 1.68 bits per heavy atom. The van der Waals surface area contributed by atoms with E-state index in [9.17, 15) is 28.7 Å². The number of fused-ring (bicyclic) bond motifs is 1. The molecule has 264 valence electrons. The molecule has 0 aliphatic carbocycles. The molecule has 4 aromatic rings. The van der Waals surface area contributed by atoms with Gasteiger partial charge in [0.15, 0.2) is 5.82 Å². The number of anilines is 2. The zero-order valence-corrected chi connectivity index (χ0v) is 28.0. The number of carbonyl (C=O) groups is 3. The molecular formula is C34H38FN7O8. The highest BCUT2D eigenvalue weighted by atomic mass is 19.1. The maximum absolute atomic E-state index is 14.2. The minimum absolute atomic E-state index is 0.145. The third-order valence-corrected chi connectivity index (χ3v) is 8.31. The van der Waals surface area contributed by atoms with Gasteiger partial charge in [-0.3, -0.25) is 14.5 Å². The molecule has 1 aliphatic rings. The molecule has 5 rings (SSSR count). The van der Waals surface area contributed by atoms with Gasteiger partial charge in [0.05, 0.1) is 63.7 Å². The van der Waals surface area contributed by atoms with Crippen molar-refractivity contribution >= 4 is 40.3 Å². The van der Waals surface area contributed by atoms with Gasteiger partial charge in [0, 0.05) is 24.8 Å². The van der Waals surface area contributed by atoms with Crippen molar-refractivity contribution in [3.63, 3.8) is 0 Å². The summed E-state index contributed by atoms with van der Waals surface area (Å²) in [7, 11) is 4.10. The summed E-state index contributed by atoms with van der Waals surface area (Å²) in [6.07, 6.45) is -0.857. The number of aliphatic hydroxyl groups is 1. The van der Waals surface area contributed by atoms with Crippen LogP contribution in [0.4, 0.5) is 25.4 Å². The summed E-state index contributed by atoms with van der Waals surface area (Å²) in [6.45, 7) is 1.73. The van der Waals surface area contributed by atoms with Crippen LogP contribution in [0, 0.1) is 5.82 Å². The molecule has 3 N–H and O–H groups in total. The topological polar surface area (TPSA) is 168 Å². The maximum Gasteiger partial charge on any atom is 0.407 e. The van der Waals surface area contributed by atoms with Crippen molar-refractivity contribution in [3.05, 3.63) is 88.7 Å². The lowest BCUT2D eigenvalue weighted by Crippen LogP contribution is -2.60. The van der Waals surface area contributed by atoms with Crippen LogP contribution in [0.1, 0.15) is 18.8 Å². The van der Waals surface area contributed by atoms with Crippen LogP contribution < -0.4 is 35.6 Å². The highest BCUT2D eigenvalue weighted by Gasteiger charge is 2.34. The second-order valence-corrected chi connectivity index (χ2v) is 11.3. The van der Waals surface area contributed by atoms with Gasteiger partial charge in [0.1, 0.15) is 23.4 Å². The molecule has 1 saturated heterocycles. The van der Waals surface area contributed by atoms with Crippen molar-refractivity contribution in [1.29, 1.82) is 0 Å². The van der Waals surface area contributed by atoms with E-state index in [4.69, 9.17) is 14.5 Å². The zero-order chi connectivity index (χ0) is 35.9. The van der Waals surface area contributed by atoms with Gasteiger partial charge < -0.3 is 39.9 Å². The molecule has 15 nitrogen and oxygen atoms in total. The van der Waals surface area contributed by atoms with Crippen molar-refractivity contribution < 1.29 is 38.1 Å². The van der Waals surface area contributed by atoms with E-state index in [1.54, 1.807) is 54.4 Å². The van der Waals surface area contributed by atoms with Crippen molar-refractivity contribution in [2.75, 3.05) is 69.3 Å². The molecule has 1 aliphatic heterocycles. The number of nitrogens with zero attached hydrogens (tertiary/aromatic N) is 5. The number of aromatic nitrogens is 2. The number of alkyl carbamates (subject to hydrolysis) is 1. The van der Waals surface area contributed by atoms with Gasteiger partial charge >= 0.3 is 12.1 Å². The average Bonchev–Trinajstić information content (AvgIpc) is 3.14. The summed E-state index contributed by atoms with van der Waals surface area (Å²) in [4.78, 5) is 61.0. The number of halogens is 1. The van der Waals surface area contributed by atoms with Crippen LogP contribution in [-0.4, -0.2) is 97.9 Å². The SMILES string of the molecule is COC(=O)N[C@@H](CO)C(=O)N1CCN(n2c(C(C)N(C(=O)Nc3ccc(F)cc3)c3ccc(OC)cc3OC)nc3ccccc3c2=O)CC1. The smallest absolute Gasteiger partial charge is 0.407 e. The van der Waals surface area contributed by atoms with Gasteiger partial charge in [-0.25, -0.2) is 23.6 Å². The fourth-order valence-corrected chi connectivity index (χ4v) is 5.72. The van der Waals surface area contributed by atoms with E-state index in [2.05, 4.69) is 15.4 Å². The summed E-state index contributed by atoms with van der Waals surface area (Å²) in [5.41, 5.74) is 0.676. The Bertz CT molecular complexity index is 1910. The second-order valence-electron chi connectivity index (χ2n) is 11.3. The highest BCUT2D eigenvalue weighted by Crippen LogP contribution is 2.37. The van der Waals surface area contributed by atoms with E-state index in [1.165, 1.54) is 53.0 Å². The van der Waals surface area contributed by atoms with Crippen LogP contribution in [0.3, 0.4) is 0 Å². The van der Waals surface area contributed by atoms with Gasteiger partial charge in [-0.05, 0) is 55.5 Å². The summed E-state index contributed by atoms with van der Waals surface area (Å²) < 4.78 is 30.7. The third-order valence-electron chi connectivity index (χ3n) is 8.31. The first-order valence-electron chi connectivity index (χ1n) is 15.7. The Balaban J connectivity index is 1.56. The largest absolute Gasteiger partial charge is 0.497 e. The second kappa shape index (κ2) is 15.5. The first-order chi connectivity index (χ1) is 24.1. The summed E-state index contributed by atoms with van der Waals surface area (Å²) in [6, 6.07) is 14.3. The number of ether oxygens (including phenoxy) is 3. The molecule has 50 heavy (non-hydrogen) atoms. The first-order valence-corrected chi connectivity index (χ1v) is 15.7. The predicted octanol–water partition coefficient (Wildman–Crippen LogP) is 2.85. The van der Waals surface area contributed by atoms with Crippen LogP contribution in [0.15, 0.2) is 71.5 Å². The van der Waals surface area contributed by atoms with E-state index in [1.807, 2.05) is 0 Å². The van der Waals surface area contributed by atoms with Gasteiger partial charge in [-0.2, -0.15) is 0 Å². The molecule has 4 amide bonds. The summed E-state index contributed by atoms with van der Waals surface area (Å²) >= 11 is 0. The van der Waals surface area contributed by atoms with Crippen LogP contribution in [0.25, 0.3) is 10.9 Å². The third kappa shape index (κ3) is 7.39. The molecule has 2 heterocycles. The zero-order valence-electron chi connectivity index (χ0n) is 28.0. The number of aliphatic hydroxyl groups excluding tert-OH is 1. The van der Waals surface area contributed by atoms with Crippen LogP contribution in [0.5, 0.6) is 11.5 Å². The molecule has 2 atom stereocenters. The Morgan fingerprint density at radius 3 is 2.32 bits per heavy atom. The number of methoxy groups -OCH3 is 3. The Morgan fingerprint density at radius 1 is 0.980 bits per heavy atom. The molecule has 0 radical (unpaired) electrons. The minimum atomic E-state index is -1.21. The van der Waals surface area contributed by atoms with Gasteiger partial charge in [-0.1, -0.05) is 12.1 Å². The van der Waals surface area contributed by atoms with E-state index in [0.29, 0.717) is 33.8 Å². The van der Waals surface area contributed by atoms with Gasteiger partial charge in [0.25, 0.3) is 5.56 Å². The van der Waals surface area contributed by atoms with Gasteiger partial charge in [-0.15, -0.1) is 0 Å². The number of amides is 4. The Kier molecular flexibility index (Phi) is 11.0. The van der Waals surface area contributed by atoms with Gasteiger partial charge in [0.2, 0.25) is 5.91 Å². The number of urea groups is 1. The lowest BCUT2D eigenvalue weighted by Gasteiger charge is -2.40. The quantitative estimate of drug-likeness (QED) is 0.225. The molecular weight excluding hydrogens is 653 g/mol. The molecule has 0 spiro atoms. The number of carbonyl (C=O) groups excluding carboxylic acids is 3. The molecule has 1 aromatic heterocycles.